The highest BCUT2D eigenvalue weighted by Crippen LogP contribution is 2.14. The number of amides is 2. The number of hydrogen-bond acceptors (Lipinski definition) is 6. The molecule has 1 heterocycles. The third-order valence-electron chi connectivity index (χ3n) is 3.80. The smallest absolute Gasteiger partial charge is 0.241 e. The van der Waals surface area contributed by atoms with Crippen LogP contribution in [0.2, 0.25) is 0 Å². The number of carbonyl (C=O) groups is 2. The van der Waals surface area contributed by atoms with E-state index in [1.807, 2.05) is 6.07 Å². The van der Waals surface area contributed by atoms with E-state index in [2.05, 4.69) is 15.4 Å². The Labute approximate surface area is 169 Å². The third-order valence-corrected chi connectivity index (χ3v) is 5.36. The summed E-state index contributed by atoms with van der Waals surface area (Å²) in [5, 5.41) is 5.22. The molecule has 1 atom stereocenters. The lowest BCUT2D eigenvalue weighted by Crippen LogP contribution is -2.45. The molecule has 0 aliphatic carbocycles. The Hall–Kier alpha value is -2.69. The SMILES string of the molecule is CC(=O)Nc1ccc(S(=O)(=O)N[C@@H](C)C(=O)NCCCOCc2ccco2)cc1. The zero-order valence-corrected chi connectivity index (χ0v) is 17.1. The zero-order chi connectivity index (χ0) is 21.3. The van der Waals surface area contributed by atoms with Crippen molar-refractivity contribution in [2.45, 2.75) is 37.8 Å². The highest BCUT2D eigenvalue weighted by molar-refractivity contribution is 7.89. The summed E-state index contributed by atoms with van der Waals surface area (Å²) in [5.41, 5.74) is 0.483. The fraction of sp³-hybridized carbons (Fsp3) is 0.368. The molecule has 29 heavy (non-hydrogen) atoms. The summed E-state index contributed by atoms with van der Waals surface area (Å²) in [6, 6.07) is 8.30. The Kier molecular flexibility index (Phi) is 8.37. The van der Waals surface area contributed by atoms with Crippen molar-refractivity contribution < 1.29 is 27.2 Å². The summed E-state index contributed by atoms with van der Waals surface area (Å²) in [7, 11) is -3.87. The quantitative estimate of drug-likeness (QED) is 0.472. The van der Waals surface area contributed by atoms with E-state index in [0.29, 0.717) is 31.9 Å². The molecule has 2 amide bonds. The topological polar surface area (TPSA) is 127 Å². The highest BCUT2D eigenvalue weighted by atomic mass is 32.2. The number of hydrogen-bond donors (Lipinski definition) is 3. The van der Waals surface area contributed by atoms with E-state index in [0.717, 1.165) is 5.76 Å². The Morgan fingerprint density at radius 3 is 2.52 bits per heavy atom. The van der Waals surface area contributed by atoms with Crippen molar-refractivity contribution in [1.29, 1.82) is 0 Å². The van der Waals surface area contributed by atoms with Crippen LogP contribution in [-0.4, -0.2) is 39.4 Å². The summed E-state index contributed by atoms with van der Waals surface area (Å²) in [6.45, 7) is 3.97. The molecule has 3 N–H and O–H groups in total. The molecule has 2 rings (SSSR count). The Bertz CT molecular complexity index is 895. The first kappa shape index (κ1) is 22.6. The summed E-state index contributed by atoms with van der Waals surface area (Å²) in [4.78, 5) is 23.1. The van der Waals surface area contributed by atoms with Crippen LogP contribution in [0.3, 0.4) is 0 Å². The van der Waals surface area contributed by atoms with Gasteiger partial charge in [-0.15, -0.1) is 0 Å². The van der Waals surface area contributed by atoms with Crippen molar-refractivity contribution in [1.82, 2.24) is 10.0 Å². The van der Waals surface area contributed by atoms with Crippen molar-refractivity contribution in [2.75, 3.05) is 18.5 Å². The van der Waals surface area contributed by atoms with Gasteiger partial charge in [0, 0.05) is 25.8 Å². The average Bonchev–Trinajstić information content (AvgIpc) is 3.17. The summed E-state index contributed by atoms with van der Waals surface area (Å²) < 4.78 is 37.7. The number of carbonyl (C=O) groups excluding carboxylic acids is 2. The van der Waals surface area contributed by atoms with Gasteiger partial charge in [0.2, 0.25) is 21.8 Å². The first-order valence-corrected chi connectivity index (χ1v) is 10.5. The van der Waals surface area contributed by atoms with Crippen LogP contribution in [0.1, 0.15) is 26.0 Å². The second-order valence-corrected chi connectivity index (χ2v) is 8.04. The zero-order valence-electron chi connectivity index (χ0n) is 16.3. The molecule has 2 aromatic rings. The number of furan rings is 1. The minimum Gasteiger partial charge on any atom is -0.467 e. The van der Waals surface area contributed by atoms with Gasteiger partial charge in [-0.25, -0.2) is 8.42 Å². The second-order valence-electron chi connectivity index (χ2n) is 6.33. The number of anilines is 1. The highest BCUT2D eigenvalue weighted by Gasteiger charge is 2.21. The van der Waals surface area contributed by atoms with Crippen LogP contribution in [0.5, 0.6) is 0 Å². The Balaban J connectivity index is 1.73. The van der Waals surface area contributed by atoms with Crippen LogP contribution in [0.4, 0.5) is 5.69 Å². The summed E-state index contributed by atoms with van der Waals surface area (Å²) in [6.07, 6.45) is 2.15. The monoisotopic (exact) mass is 423 g/mol. The van der Waals surface area contributed by atoms with Gasteiger partial charge in [0.25, 0.3) is 0 Å². The van der Waals surface area contributed by atoms with Gasteiger partial charge in [0.15, 0.2) is 0 Å². The van der Waals surface area contributed by atoms with E-state index in [9.17, 15) is 18.0 Å². The number of benzene rings is 1. The summed E-state index contributed by atoms with van der Waals surface area (Å²) >= 11 is 0. The van der Waals surface area contributed by atoms with Crippen LogP contribution >= 0.6 is 0 Å². The molecule has 0 unspecified atom stereocenters. The van der Waals surface area contributed by atoms with Gasteiger partial charge in [0.05, 0.1) is 17.2 Å². The van der Waals surface area contributed by atoms with Crippen molar-refractivity contribution in [3.8, 4) is 0 Å². The maximum Gasteiger partial charge on any atom is 0.241 e. The van der Waals surface area contributed by atoms with Crippen LogP contribution in [0.15, 0.2) is 52.0 Å². The number of ether oxygens (including phenoxy) is 1. The molecule has 0 aliphatic heterocycles. The molecular weight excluding hydrogens is 398 g/mol. The first-order valence-electron chi connectivity index (χ1n) is 9.06. The number of rotatable bonds is 11. The number of sulfonamides is 1. The average molecular weight is 423 g/mol. The van der Waals surface area contributed by atoms with E-state index in [4.69, 9.17) is 9.15 Å². The van der Waals surface area contributed by atoms with E-state index in [-0.39, 0.29) is 10.8 Å². The van der Waals surface area contributed by atoms with Gasteiger partial charge in [-0.1, -0.05) is 0 Å². The first-order chi connectivity index (χ1) is 13.8. The second kappa shape index (κ2) is 10.7. The van der Waals surface area contributed by atoms with E-state index >= 15 is 0 Å². The van der Waals surface area contributed by atoms with E-state index in [1.165, 1.54) is 38.1 Å². The largest absolute Gasteiger partial charge is 0.467 e. The minimum absolute atomic E-state index is 0.00224. The van der Waals surface area contributed by atoms with Gasteiger partial charge >= 0.3 is 0 Å². The molecule has 1 aromatic heterocycles. The number of nitrogens with one attached hydrogen (secondary N) is 3. The van der Waals surface area contributed by atoms with Gasteiger partial charge in [-0.05, 0) is 49.7 Å². The molecule has 0 saturated carbocycles. The molecule has 1 aromatic carbocycles. The predicted molar refractivity (Wildman–Crippen MR) is 107 cm³/mol. The van der Waals surface area contributed by atoms with Crippen LogP contribution in [-0.2, 0) is 31.0 Å². The Morgan fingerprint density at radius 1 is 1.17 bits per heavy atom. The van der Waals surface area contributed by atoms with Crippen LogP contribution in [0.25, 0.3) is 0 Å². The van der Waals surface area contributed by atoms with Crippen molar-refractivity contribution in [2.24, 2.45) is 0 Å². The molecule has 0 fully saturated rings. The van der Waals surface area contributed by atoms with Gasteiger partial charge < -0.3 is 19.8 Å². The molecule has 9 nitrogen and oxygen atoms in total. The van der Waals surface area contributed by atoms with E-state index in [1.54, 1.807) is 12.3 Å². The van der Waals surface area contributed by atoms with Gasteiger partial charge in [-0.2, -0.15) is 4.72 Å². The maximum absolute atomic E-state index is 12.4. The molecule has 0 radical (unpaired) electrons. The molecule has 0 bridgehead atoms. The molecule has 0 saturated heterocycles. The van der Waals surface area contributed by atoms with Crippen LogP contribution in [0, 0.1) is 0 Å². The lowest BCUT2D eigenvalue weighted by atomic mass is 10.3. The lowest BCUT2D eigenvalue weighted by Gasteiger charge is -2.15. The molecule has 10 heteroatoms. The maximum atomic E-state index is 12.4. The van der Waals surface area contributed by atoms with Gasteiger partial charge in [0.1, 0.15) is 12.4 Å². The normalized spacial score (nSPS) is 12.3. The predicted octanol–water partition coefficient (Wildman–Crippen LogP) is 1.63. The molecule has 0 aliphatic rings. The molecule has 0 spiro atoms. The third kappa shape index (κ3) is 7.68. The van der Waals surface area contributed by atoms with Crippen molar-refractivity contribution >= 4 is 27.5 Å². The molecule has 158 valence electrons. The molecular formula is C19H25N3O6S. The van der Waals surface area contributed by atoms with Gasteiger partial charge in [-0.3, -0.25) is 9.59 Å². The van der Waals surface area contributed by atoms with E-state index < -0.39 is 22.0 Å². The van der Waals surface area contributed by atoms with Crippen molar-refractivity contribution in [3.05, 3.63) is 48.4 Å². The standard InChI is InChI=1S/C19H25N3O6S/c1-14(19(24)20-10-4-11-27-13-17-5-3-12-28-17)22-29(25,26)18-8-6-16(7-9-18)21-15(2)23/h3,5-9,12,14,22H,4,10-11,13H2,1-2H3,(H,20,24)(H,21,23)/t14-/m0/s1. The fourth-order valence-corrected chi connectivity index (χ4v) is 3.58. The van der Waals surface area contributed by atoms with Crippen molar-refractivity contribution in [3.63, 3.8) is 0 Å². The lowest BCUT2D eigenvalue weighted by molar-refractivity contribution is -0.122. The fourth-order valence-electron chi connectivity index (χ4n) is 2.38. The Morgan fingerprint density at radius 2 is 1.90 bits per heavy atom. The summed E-state index contributed by atoms with van der Waals surface area (Å²) in [5.74, 6) is 0.0343. The van der Waals surface area contributed by atoms with Crippen LogP contribution < -0.4 is 15.4 Å². The minimum atomic E-state index is -3.87.